The molecule has 0 unspecified atom stereocenters. The molecule has 0 aromatic heterocycles. The summed E-state index contributed by atoms with van der Waals surface area (Å²) in [6.45, 7) is 12.6. The van der Waals surface area contributed by atoms with E-state index in [9.17, 15) is 0 Å². The van der Waals surface area contributed by atoms with Crippen molar-refractivity contribution in [2.45, 2.75) is 155 Å². The third-order valence-corrected chi connectivity index (χ3v) is 11.2. The average molecular weight is 497 g/mol. The molecule has 0 heterocycles. The van der Waals surface area contributed by atoms with E-state index in [0.717, 1.165) is 47.3 Å². The molecule has 0 atom stereocenters. The van der Waals surface area contributed by atoms with Gasteiger partial charge in [-0.1, -0.05) is 116 Å². The lowest BCUT2D eigenvalue weighted by molar-refractivity contribution is 0.221. The molecule has 0 heteroatoms. The summed E-state index contributed by atoms with van der Waals surface area (Å²) in [4.78, 5) is 0. The minimum atomic E-state index is 0.834. The molecule has 0 aromatic carbocycles. The van der Waals surface area contributed by atoms with E-state index in [2.05, 4.69) is 39.2 Å². The van der Waals surface area contributed by atoms with E-state index < -0.39 is 0 Å². The number of hydrogen-bond acceptors (Lipinski definition) is 0. The van der Waals surface area contributed by atoms with E-state index in [-0.39, 0.29) is 0 Å². The Labute approximate surface area is 227 Å². The third kappa shape index (κ3) is 11.1. The van der Waals surface area contributed by atoms with Crippen molar-refractivity contribution >= 4 is 0 Å². The van der Waals surface area contributed by atoms with E-state index >= 15 is 0 Å². The maximum Gasteiger partial charge on any atom is -0.0236 e. The third-order valence-electron chi connectivity index (χ3n) is 11.2. The predicted octanol–water partition coefficient (Wildman–Crippen LogP) is 12.0. The van der Waals surface area contributed by atoms with Gasteiger partial charge in [0.1, 0.15) is 0 Å². The summed E-state index contributed by atoms with van der Waals surface area (Å²) in [7, 11) is 0. The molecule has 0 N–H and O–H groups in total. The van der Waals surface area contributed by atoms with Gasteiger partial charge in [-0.25, -0.2) is 0 Å². The largest absolute Gasteiger partial charge is 0.103 e. The molecule has 208 valence electrons. The molecule has 4 rings (SSSR count). The van der Waals surface area contributed by atoms with Crippen molar-refractivity contribution in [1.29, 1.82) is 0 Å². The highest BCUT2D eigenvalue weighted by atomic mass is 14.3. The van der Waals surface area contributed by atoms with Crippen molar-refractivity contribution < 1.29 is 0 Å². The topological polar surface area (TPSA) is 0 Å². The Morgan fingerprint density at radius 1 is 0.444 bits per heavy atom. The smallest absolute Gasteiger partial charge is 0.0236 e. The molecule has 0 radical (unpaired) electrons. The van der Waals surface area contributed by atoms with Crippen molar-refractivity contribution in [2.24, 2.45) is 47.3 Å². The SMILES string of the molecule is C=CC1CCC(CCC2CCC(C)CC2)CC1.C=CC1CCC(CCC2CCC(CCC)CC2)CC1. The van der Waals surface area contributed by atoms with Gasteiger partial charge < -0.3 is 0 Å². The zero-order valence-electron chi connectivity index (χ0n) is 24.7. The van der Waals surface area contributed by atoms with Gasteiger partial charge in [-0.15, -0.1) is 13.2 Å². The monoisotopic (exact) mass is 497 g/mol. The van der Waals surface area contributed by atoms with Gasteiger partial charge in [0.15, 0.2) is 0 Å². The molecule has 0 amide bonds. The second-order valence-corrected chi connectivity index (χ2v) is 14.0. The van der Waals surface area contributed by atoms with Crippen molar-refractivity contribution in [2.75, 3.05) is 0 Å². The molecule has 4 aliphatic carbocycles. The van der Waals surface area contributed by atoms with Crippen LogP contribution in [0.3, 0.4) is 0 Å². The first kappa shape index (κ1) is 30.0. The molecule has 36 heavy (non-hydrogen) atoms. The van der Waals surface area contributed by atoms with Gasteiger partial charge in [0, 0.05) is 0 Å². The fourth-order valence-electron chi connectivity index (χ4n) is 8.20. The molecule has 0 saturated heterocycles. The second-order valence-electron chi connectivity index (χ2n) is 14.0. The Bertz CT molecular complexity index is 557. The zero-order valence-corrected chi connectivity index (χ0v) is 24.7. The Balaban J connectivity index is 0.000000202. The summed E-state index contributed by atoms with van der Waals surface area (Å²) in [5.74, 6) is 7.99. The molecule has 0 spiro atoms. The molecule has 4 saturated carbocycles. The average Bonchev–Trinajstić information content (AvgIpc) is 2.93. The van der Waals surface area contributed by atoms with Crippen LogP contribution in [0.1, 0.15) is 155 Å². The maximum absolute atomic E-state index is 3.95. The standard InChI is InChI=1S/C19H34.C17H30/c1-3-5-17-10-12-19(13-11-17)15-14-18-8-6-16(4-2)7-9-18;1-3-15-8-10-17(11-9-15)13-12-16-6-4-14(2)5-7-16/h4,16-19H,2-3,5-15H2,1H3;3,14-17H,1,4-13H2,2H3. The van der Waals surface area contributed by atoms with Crippen molar-refractivity contribution in [3.63, 3.8) is 0 Å². The first-order valence-corrected chi connectivity index (χ1v) is 16.8. The van der Waals surface area contributed by atoms with Crippen LogP contribution in [0.15, 0.2) is 25.3 Å². The summed E-state index contributed by atoms with van der Waals surface area (Å²) >= 11 is 0. The van der Waals surface area contributed by atoms with E-state index in [1.165, 1.54) is 141 Å². The van der Waals surface area contributed by atoms with Crippen LogP contribution in [-0.2, 0) is 0 Å². The first-order valence-electron chi connectivity index (χ1n) is 16.8. The Hall–Kier alpha value is -0.520. The summed E-state index contributed by atoms with van der Waals surface area (Å²) in [5, 5.41) is 0. The van der Waals surface area contributed by atoms with Crippen LogP contribution >= 0.6 is 0 Å². The molecule has 0 bridgehead atoms. The van der Waals surface area contributed by atoms with Crippen molar-refractivity contribution in [3.05, 3.63) is 25.3 Å². The van der Waals surface area contributed by atoms with E-state index in [4.69, 9.17) is 0 Å². The summed E-state index contributed by atoms with van der Waals surface area (Å²) in [5.41, 5.74) is 0. The maximum atomic E-state index is 3.95. The minimum Gasteiger partial charge on any atom is -0.103 e. The minimum absolute atomic E-state index is 0.834. The number of allylic oxidation sites excluding steroid dienone is 2. The lowest BCUT2D eigenvalue weighted by atomic mass is 9.75. The highest BCUT2D eigenvalue weighted by Gasteiger charge is 2.24. The zero-order chi connectivity index (χ0) is 25.6. The van der Waals surface area contributed by atoms with Crippen molar-refractivity contribution in [3.8, 4) is 0 Å². The van der Waals surface area contributed by atoms with Gasteiger partial charge in [0.25, 0.3) is 0 Å². The highest BCUT2D eigenvalue weighted by molar-refractivity contribution is 4.85. The number of hydrogen-bond donors (Lipinski definition) is 0. The molecule has 0 aromatic rings. The molecule has 4 aliphatic rings. The quantitative estimate of drug-likeness (QED) is 0.264. The van der Waals surface area contributed by atoms with Gasteiger partial charge in [0.2, 0.25) is 0 Å². The summed E-state index contributed by atoms with van der Waals surface area (Å²) in [6, 6.07) is 0. The van der Waals surface area contributed by atoms with Crippen LogP contribution in [0.2, 0.25) is 0 Å². The lowest BCUT2D eigenvalue weighted by Gasteiger charge is -2.31. The van der Waals surface area contributed by atoms with Crippen LogP contribution in [-0.4, -0.2) is 0 Å². The summed E-state index contributed by atoms with van der Waals surface area (Å²) in [6.07, 6.45) is 37.0. The first-order chi connectivity index (χ1) is 17.6. The van der Waals surface area contributed by atoms with Crippen LogP contribution in [0.4, 0.5) is 0 Å². The fraction of sp³-hybridized carbons (Fsp3) is 0.889. The van der Waals surface area contributed by atoms with Gasteiger partial charge >= 0.3 is 0 Å². The fourth-order valence-corrected chi connectivity index (χ4v) is 8.20. The van der Waals surface area contributed by atoms with Gasteiger partial charge in [-0.2, -0.15) is 0 Å². The second kappa shape index (κ2) is 17.1. The van der Waals surface area contributed by atoms with E-state index in [0.29, 0.717) is 0 Å². The van der Waals surface area contributed by atoms with Gasteiger partial charge in [-0.05, 0) is 98.7 Å². The number of rotatable bonds is 10. The predicted molar refractivity (Wildman–Crippen MR) is 161 cm³/mol. The molecular formula is C36H64. The lowest BCUT2D eigenvalue weighted by Crippen LogP contribution is -2.17. The highest BCUT2D eigenvalue weighted by Crippen LogP contribution is 2.38. The van der Waals surface area contributed by atoms with Crippen LogP contribution in [0.25, 0.3) is 0 Å². The van der Waals surface area contributed by atoms with Crippen molar-refractivity contribution in [1.82, 2.24) is 0 Å². The van der Waals surface area contributed by atoms with Crippen LogP contribution < -0.4 is 0 Å². The Kier molecular flexibility index (Phi) is 14.3. The molecule has 4 fully saturated rings. The Morgan fingerprint density at radius 3 is 1.03 bits per heavy atom. The Morgan fingerprint density at radius 2 is 0.722 bits per heavy atom. The van der Waals surface area contributed by atoms with E-state index in [1.54, 1.807) is 0 Å². The normalized spacial score (nSPS) is 37.4. The van der Waals surface area contributed by atoms with Gasteiger partial charge in [-0.3, -0.25) is 0 Å². The van der Waals surface area contributed by atoms with E-state index in [1.807, 2.05) is 0 Å². The molecule has 0 nitrogen and oxygen atoms in total. The molecule has 0 aliphatic heterocycles. The molecular weight excluding hydrogens is 432 g/mol. The van der Waals surface area contributed by atoms with Gasteiger partial charge in [0.05, 0.1) is 0 Å². The summed E-state index contributed by atoms with van der Waals surface area (Å²) < 4.78 is 0. The van der Waals surface area contributed by atoms with Crippen LogP contribution in [0.5, 0.6) is 0 Å². The van der Waals surface area contributed by atoms with Crippen LogP contribution in [0, 0.1) is 47.3 Å².